The summed E-state index contributed by atoms with van der Waals surface area (Å²) in [6.45, 7) is 3.58. The van der Waals surface area contributed by atoms with E-state index >= 15 is 0 Å². The van der Waals surface area contributed by atoms with Gasteiger partial charge in [-0.2, -0.15) is 0 Å². The summed E-state index contributed by atoms with van der Waals surface area (Å²) in [5.74, 6) is -1.11. The number of carbonyl (C=O) groups excluding carboxylic acids is 1. The van der Waals surface area contributed by atoms with Gasteiger partial charge in [0, 0.05) is 11.3 Å². The third-order valence-electron chi connectivity index (χ3n) is 4.28. The molecule has 28 heavy (non-hydrogen) atoms. The highest BCUT2D eigenvalue weighted by molar-refractivity contribution is 7.92. The lowest BCUT2D eigenvalue weighted by Gasteiger charge is -2.13. The number of para-hydroxylation sites is 2. The molecule has 2 N–H and O–H groups in total. The molecule has 0 spiro atoms. The van der Waals surface area contributed by atoms with Crippen LogP contribution in [0, 0.1) is 19.7 Å². The quantitative estimate of drug-likeness (QED) is 0.665. The largest absolute Gasteiger partial charge is 0.322 e. The Labute approximate surface area is 163 Å². The Balaban J connectivity index is 1.91. The molecule has 7 heteroatoms. The van der Waals surface area contributed by atoms with Crippen molar-refractivity contribution >= 4 is 27.3 Å². The average molecular weight is 398 g/mol. The highest BCUT2D eigenvalue weighted by Crippen LogP contribution is 2.22. The van der Waals surface area contributed by atoms with E-state index in [-0.39, 0.29) is 16.1 Å². The molecule has 144 valence electrons. The summed E-state index contributed by atoms with van der Waals surface area (Å²) < 4.78 is 41.3. The van der Waals surface area contributed by atoms with Crippen LogP contribution in [0.4, 0.5) is 15.8 Å². The van der Waals surface area contributed by atoms with Crippen LogP contribution in [0.2, 0.25) is 0 Å². The Hall–Kier alpha value is -3.19. The minimum Gasteiger partial charge on any atom is -0.322 e. The Morgan fingerprint density at radius 2 is 1.50 bits per heavy atom. The molecule has 0 heterocycles. The number of anilines is 2. The summed E-state index contributed by atoms with van der Waals surface area (Å²) in [6, 6.07) is 17.0. The number of amides is 1. The second-order valence-electron chi connectivity index (χ2n) is 6.33. The van der Waals surface area contributed by atoms with Crippen LogP contribution in [0.3, 0.4) is 0 Å². The zero-order valence-corrected chi connectivity index (χ0v) is 16.2. The van der Waals surface area contributed by atoms with Crippen LogP contribution in [-0.4, -0.2) is 14.3 Å². The van der Waals surface area contributed by atoms with E-state index in [9.17, 15) is 17.6 Å². The predicted octanol–water partition coefficient (Wildman–Crippen LogP) is 4.50. The van der Waals surface area contributed by atoms with Crippen LogP contribution in [0.15, 0.2) is 71.6 Å². The minimum atomic E-state index is -4.06. The van der Waals surface area contributed by atoms with Crippen molar-refractivity contribution in [2.45, 2.75) is 18.7 Å². The van der Waals surface area contributed by atoms with Crippen molar-refractivity contribution in [3.63, 3.8) is 0 Å². The Morgan fingerprint density at radius 1 is 0.857 bits per heavy atom. The standard InChI is InChI=1S/C21H19FN2O3S/c1-14-11-12-16(28(26,27)24-20-10-6-4-8-18(20)22)13-17(14)21(25)23-19-9-5-3-7-15(19)2/h3-13,24H,1-2H3,(H,23,25). The summed E-state index contributed by atoms with van der Waals surface area (Å²) in [4.78, 5) is 12.6. The molecule has 3 aromatic carbocycles. The summed E-state index contributed by atoms with van der Waals surface area (Å²) in [5, 5.41) is 2.79. The van der Waals surface area contributed by atoms with Gasteiger partial charge in [0.05, 0.1) is 10.6 Å². The smallest absolute Gasteiger partial charge is 0.262 e. The van der Waals surface area contributed by atoms with Gasteiger partial charge in [-0.05, 0) is 55.3 Å². The lowest BCUT2D eigenvalue weighted by Crippen LogP contribution is -2.17. The molecule has 3 rings (SSSR count). The highest BCUT2D eigenvalue weighted by Gasteiger charge is 2.19. The molecule has 0 aliphatic heterocycles. The van der Waals surface area contributed by atoms with Crippen molar-refractivity contribution in [3.8, 4) is 0 Å². The Bertz CT molecular complexity index is 1140. The monoisotopic (exact) mass is 398 g/mol. The molecule has 0 atom stereocenters. The molecule has 0 saturated heterocycles. The number of aryl methyl sites for hydroxylation is 2. The molecular formula is C21H19FN2O3S. The van der Waals surface area contributed by atoms with E-state index in [1.165, 1.54) is 30.3 Å². The molecule has 0 aliphatic rings. The predicted molar refractivity (Wildman–Crippen MR) is 108 cm³/mol. The maximum atomic E-state index is 13.8. The number of halogens is 1. The lowest BCUT2D eigenvalue weighted by atomic mass is 10.1. The molecule has 3 aromatic rings. The fourth-order valence-electron chi connectivity index (χ4n) is 2.66. The molecule has 0 fully saturated rings. The molecule has 0 saturated carbocycles. The van der Waals surface area contributed by atoms with Gasteiger partial charge < -0.3 is 5.32 Å². The maximum Gasteiger partial charge on any atom is 0.262 e. The molecule has 0 unspecified atom stereocenters. The molecule has 0 aromatic heterocycles. The van der Waals surface area contributed by atoms with Gasteiger partial charge in [0.2, 0.25) is 0 Å². The number of sulfonamides is 1. The van der Waals surface area contributed by atoms with Gasteiger partial charge in [0.15, 0.2) is 0 Å². The number of benzene rings is 3. The fourth-order valence-corrected chi connectivity index (χ4v) is 3.76. The lowest BCUT2D eigenvalue weighted by molar-refractivity contribution is 0.102. The molecular weight excluding hydrogens is 379 g/mol. The van der Waals surface area contributed by atoms with E-state index in [2.05, 4.69) is 10.0 Å². The Kier molecular flexibility index (Phi) is 5.46. The summed E-state index contributed by atoms with van der Waals surface area (Å²) >= 11 is 0. The first-order chi connectivity index (χ1) is 13.3. The maximum absolute atomic E-state index is 13.8. The topological polar surface area (TPSA) is 75.3 Å². The number of carbonyl (C=O) groups is 1. The summed E-state index contributed by atoms with van der Waals surface area (Å²) in [7, 11) is -4.06. The van der Waals surface area contributed by atoms with Crippen LogP contribution in [0.1, 0.15) is 21.5 Å². The van der Waals surface area contributed by atoms with Crippen LogP contribution in [-0.2, 0) is 10.0 Å². The van der Waals surface area contributed by atoms with Gasteiger partial charge >= 0.3 is 0 Å². The van der Waals surface area contributed by atoms with Crippen LogP contribution < -0.4 is 10.0 Å². The van der Waals surface area contributed by atoms with Crippen molar-refractivity contribution < 1.29 is 17.6 Å². The first-order valence-corrected chi connectivity index (χ1v) is 10.0. The molecule has 0 aliphatic carbocycles. The van der Waals surface area contributed by atoms with E-state index < -0.39 is 21.7 Å². The van der Waals surface area contributed by atoms with Crippen molar-refractivity contribution in [1.29, 1.82) is 0 Å². The van der Waals surface area contributed by atoms with Crippen LogP contribution in [0.25, 0.3) is 0 Å². The van der Waals surface area contributed by atoms with E-state index in [4.69, 9.17) is 0 Å². The van der Waals surface area contributed by atoms with Gasteiger partial charge in [0.25, 0.3) is 15.9 Å². The number of hydrogen-bond donors (Lipinski definition) is 2. The fraction of sp³-hybridized carbons (Fsp3) is 0.0952. The number of hydrogen-bond acceptors (Lipinski definition) is 3. The van der Waals surface area contributed by atoms with Gasteiger partial charge in [0.1, 0.15) is 5.82 Å². The van der Waals surface area contributed by atoms with Crippen molar-refractivity contribution in [3.05, 3.63) is 89.2 Å². The second-order valence-corrected chi connectivity index (χ2v) is 8.01. The highest BCUT2D eigenvalue weighted by atomic mass is 32.2. The zero-order valence-electron chi connectivity index (χ0n) is 15.4. The van der Waals surface area contributed by atoms with Gasteiger partial charge in [-0.25, -0.2) is 12.8 Å². The normalized spacial score (nSPS) is 11.1. The summed E-state index contributed by atoms with van der Waals surface area (Å²) in [6.07, 6.45) is 0. The van der Waals surface area contributed by atoms with E-state index in [1.807, 2.05) is 19.1 Å². The van der Waals surface area contributed by atoms with E-state index in [0.717, 1.165) is 11.6 Å². The van der Waals surface area contributed by atoms with Crippen LogP contribution >= 0.6 is 0 Å². The van der Waals surface area contributed by atoms with Crippen molar-refractivity contribution in [2.24, 2.45) is 0 Å². The molecule has 0 bridgehead atoms. The van der Waals surface area contributed by atoms with E-state index in [0.29, 0.717) is 11.3 Å². The molecule has 0 radical (unpaired) electrons. The molecule has 5 nitrogen and oxygen atoms in total. The summed E-state index contributed by atoms with van der Waals surface area (Å²) in [5.41, 5.74) is 2.22. The van der Waals surface area contributed by atoms with Crippen LogP contribution in [0.5, 0.6) is 0 Å². The molecule has 1 amide bonds. The van der Waals surface area contributed by atoms with Gasteiger partial charge in [-0.1, -0.05) is 36.4 Å². The second kappa shape index (κ2) is 7.82. The van der Waals surface area contributed by atoms with Gasteiger partial charge in [-0.15, -0.1) is 0 Å². The van der Waals surface area contributed by atoms with Crippen molar-refractivity contribution in [2.75, 3.05) is 10.0 Å². The average Bonchev–Trinajstić information content (AvgIpc) is 2.65. The van der Waals surface area contributed by atoms with Gasteiger partial charge in [-0.3, -0.25) is 9.52 Å². The third-order valence-corrected chi connectivity index (χ3v) is 5.64. The number of nitrogens with one attached hydrogen (secondary N) is 2. The Morgan fingerprint density at radius 3 is 2.18 bits per heavy atom. The number of rotatable bonds is 5. The SMILES string of the molecule is Cc1ccccc1NC(=O)c1cc(S(=O)(=O)Nc2ccccc2F)ccc1C. The van der Waals surface area contributed by atoms with Crippen molar-refractivity contribution in [1.82, 2.24) is 0 Å². The minimum absolute atomic E-state index is 0.128. The first-order valence-electron chi connectivity index (χ1n) is 8.53. The zero-order chi connectivity index (χ0) is 20.3. The van der Waals surface area contributed by atoms with E-state index in [1.54, 1.807) is 25.1 Å². The third kappa shape index (κ3) is 4.20. The first kappa shape index (κ1) is 19.6.